The van der Waals surface area contributed by atoms with Crippen LogP contribution in [-0.4, -0.2) is 65.1 Å². The molecule has 0 aliphatic carbocycles. The average molecular weight is 338 g/mol. The molecule has 9 heteroatoms. The Kier molecular flexibility index (Phi) is 6.10. The molecule has 3 atom stereocenters. The molecule has 9 nitrogen and oxygen atoms in total. The molecule has 0 saturated carbocycles. The van der Waals surface area contributed by atoms with Gasteiger partial charge in [0.1, 0.15) is 18.2 Å². The van der Waals surface area contributed by atoms with Crippen LogP contribution in [0.15, 0.2) is 36.3 Å². The molecule has 0 aromatic rings. The lowest BCUT2D eigenvalue weighted by Crippen LogP contribution is -2.43. The molecular weight excluding hydrogens is 316 g/mol. The predicted molar refractivity (Wildman–Crippen MR) is 84.8 cm³/mol. The van der Waals surface area contributed by atoms with Crippen LogP contribution in [0, 0.1) is 0 Å². The van der Waals surface area contributed by atoms with Gasteiger partial charge in [-0.3, -0.25) is 9.59 Å². The number of nitrogens with one attached hydrogen (secondary N) is 2. The monoisotopic (exact) mass is 338 g/mol. The van der Waals surface area contributed by atoms with Gasteiger partial charge < -0.3 is 36.2 Å². The van der Waals surface area contributed by atoms with Gasteiger partial charge in [0.25, 0.3) is 5.91 Å². The summed E-state index contributed by atoms with van der Waals surface area (Å²) >= 11 is 0. The van der Waals surface area contributed by atoms with Crippen molar-refractivity contribution in [2.24, 2.45) is 5.73 Å². The first-order valence-electron chi connectivity index (χ1n) is 7.57. The van der Waals surface area contributed by atoms with Crippen LogP contribution < -0.4 is 16.4 Å². The first-order chi connectivity index (χ1) is 11.5. The summed E-state index contributed by atoms with van der Waals surface area (Å²) in [5, 5.41) is 24.1. The molecule has 0 spiro atoms. The van der Waals surface area contributed by atoms with Gasteiger partial charge in [-0.25, -0.2) is 0 Å². The molecule has 0 aromatic heterocycles. The first kappa shape index (κ1) is 18.1. The second kappa shape index (κ2) is 8.06. The molecule has 2 heterocycles. The second-order valence-electron chi connectivity index (χ2n) is 5.42. The third-order valence-corrected chi connectivity index (χ3v) is 3.66. The van der Waals surface area contributed by atoms with Gasteiger partial charge in [0.05, 0.1) is 18.3 Å². The lowest BCUT2D eigenvalue weighted by atomic mass is 10.1. The van der Waals surface area contributed by atoms with E-state index in [4.69, 9.17) is 15.6 Å². The van der Waals surface area contributed by atoms with Gasteiger partial charge in [-0.1, -0.05) is 6.58 Å². The fourth-order valence-electron chi connectivity index (χ4n) is 2.40. The van der Waals surface area contributed by atoms with Gasteiger partial charge >= 0.3 is 0 Å². The summed E-state index contributed by atoms with van der Waals surface area (Å²) in [4.78, 5) is 25.1. The van der Waals surface area contributed by atoms with E-state index >= 15 is 0 Å². The van der Waals surface area contributed by atoms with Crippen LogP contribution in [0.25, 0.3) is 0 Å². The number of nitrogens with zero attached hydrogens (tertiary/aromatic N) is 1. The predicted octanol–water partition coefficient (Wildman–Crippen LogP) is -2.13. The lowest BCUT2D eigenvalue weighted by Gasteiger charge is -2.32. The van der Waals surface area contributed by atoms with E-state index in [-0.39, 0.29) is 24.5 Å². The number of ether oxygens (including phenoxy) is 1. The molecular formula is C15H22N4O5. The number of hydrogen-bond donors (Lipinski definition) is 5. The molecule has 0 aromatic carbocycles. The van der Waals surface area contributed by atoms with E-state index in [1.165, 1.54) is 18.4 Å². The molecule has 0 bridgehead atoms. The highest BCUT2D eigenvalue weighted by Gasteiger charge is 2.38. The lowest BCUT2D eigenvalue weighted by molar-refractivity contribution is -0.118. The normalized spacial score (nSPS) is 27.4. The van der Waals surface area contributed by atoms with Gasteiger partial charge in [-0.2, -0.15) is 0 Å². The largest absolute Gasteiger partial charge is 0.394 e. The molecule has 1 saturated heterocycles. The van der Waals surface area contributed by atoms with Crippen molar-refractivity contribution in [3.63, 3.8) is 0 Å². The summed E-state index contributed by atoms with van der Waals surface area (Å²) in [7, 11) is 0. The maximum Gasteiger partial charge on any atom is 0.258 e. The van der Waals surface area contributed by atoms with E-state index in [1.807, 2.05) is 0 Å². The summed E-state index contributed by atoms with van der Waals surface area (Å²) in [5.74, 6) is -0.477. The first-order valence-corrected chi connectivity index (χ1v) is 7.57. The molecule has 2 amide bonds. The van der Waals surface area contributed by atoms with Crippen LogP contribution in [0.5, 0.6) is 0 Å². The minimum absolute atomic E-state index is 0.232. The minimum Gasteiger partial charge on any atom is -0.394 e. The van der Waals surface area contributed by atoms with Crippen molar-refractivity contribution in [2.75, 3.05) is 19.7 Å². The molecule has 0 radical (unpaired) electrons. The van der Waals surface area contributed by atoms with Crippen LogP contribution in [0.4, 0.5) is 0 Å². The summed E-state index contributed by atoms with van der Waals surface area (Å²) < 4.78 is 5.55. The average Bonchev–Trinajstić information content (AvgIpc) is 2.92. The van der Waals surface area contributed by atoms with Crippen LogP contribution in [0.3, 0.4) is 0 Å². The molecule has 2 aliphatic heterocycles. The van der Waals surface area contributed by atoms with Crippen LogP contribution in [0.2, 0.25) is 0 Å². The molecule has 1 fully saturated rings. The quantitative estimate of drug-likeness (QED) is 0.349. The van der Waals surface area contributed by atoms with Crippen molar-refractivity contribution in [2.45, 2.75) is 24.9 Å². The number of hydrogen-bond acceptors (Lipinski definition) is 7. The number of aliphatic hydroxyl groups excluding tert-OH is 2. The number of amides is 2. The minimum atomic E-state index is -0.806. The summed E-state index contributed by atoms with van der Waals surface area (Å²) in [6.45, 7) is 4.11. The van der Waals surface area contributed by atoms with Crippen molar-refractivity contribution < 1.29 is 24.5 Å². The van der Waals surface area contributed by atoms with E-state index in [2.05, 4.69) is 17.2 Å². The Morgan fingerprint density at radius 2 is 2.38 bits per heavy atom. The summed E-state index contributed by atoms with van der Waals surface area (Å²) in [6, 6.07) is 0. The molecule has 6 N–H and O–H groups in total. The van der Waals surface area contributed by atoms with E-state index in [0.29, 0.717) is 18.9 Å². The van der Waals surface area contributed by atoms with Crippen molar-refractivity contribution >= 4 is 11.8 Å². The highest BCUT2D eigenvalue weighted by molar-refractivity contribution is 6.00. The SMILES string of the molecule is C=C1NC(=O)C(/C=C/C(=O)NCCN)=CN1C1CC(O)C(CO)O1. The van der Waals surface area contributed by atoms with Gasteiger partial charge in [0.15, 0.2) is 0 Å². The highest BCUT2D eigenvalue weighted by Crippen LogP contribution is 2.27. The van der Waals surface area contributed by atoms with E-state index in [0.717, 1.165) is 0 Å². The molecule has 2 rings (SSSR count). The molecule has 132 valence electrons. The standard InChI is InChI=1S/C15H22N4O5/c1-9-18-15(23)10(2-3-13(22)17-5-4-16)7-19(9)14-6-11(21)12(8-20)24-14/h2-3,7,11-12,14,20-21H,1,4-6,8,16H2,(H,17,22)(H,18,23)/b3-2+. The number of nitrogens with two attached hydrogens (primary N) is 1. The fraction of sp³-hybridized carbons (Fsp3) is 0.467. The Hall–Kier alpha value is -2.20. The number of aliphatic hydroxyl groups is 2. The van der Waals surface area contributed by atoms with Crippen molar-refractivity contribution in [1.82, 2.24) is 15.5 Å². The summed E-state index contributed by atoms with van der Waals surface area (Å²) in [6.07, 6.45) is 2.29. The zero-order valence-electron chi connectivity index (χ0n) is 13.1. The van der Waals surface area contributed by atoms with Crippen LogP contribution in [-0.2, 0) is 14.3 Å². The fourth-order valence-corrected chi connectivity index (χ4v) is 2.40. The van der Waals surface area contributed by atoms with Crippen molar-refractivity contribution in [1.29, 1.82) is 0 Å². The van der Waals surface area contributed by atoms with Crippen molar-refractivity contribution in [3.05, 3.63) is 36.3 Å². The zero-order chi connectivity index (χ0) is 17.7. The van der Waals surface area contributed by atoms with Crippen LogP contribution in [0.1, 0.15) is 6.42 Å². The number of rotatable bonds is 6. The van der Waals surface area contributed by atoms with Crippen molar-refractivity contribution in [3.8, 4) is 0 Å². The Balaban J connectivity index is 2.10. The van der Waals surface area contributed by atoms with Gasteiger partial charge in [-0.05, 0) is 6.08 Å². The third-order valence-electron chi connectivity index (χ3n) is 3.66. The smallest absolute Gasteiger partial charge is 0.258 e. The maximum absolute atomic E-state index is 12.0. The Labute approximate surface area is 139 Å². The van der Waals surface area contributed by atoms with Gasteiger partial charge in [0.2, 0.25) is 5.91 Å². The Morgan fingerprint density at radius 3 is 3.00 bits per heavy atom. The highest BCUT2D eigenvalue weighted by atomic mass is 16.5. The zero-order valence-corrected chi connectivity index (χ0v) is 13.1. The van der Waals surface area contributed by atoms with E-state index in [1.54, 1.807) is 4.90 Å². The number of carbonyl (C=O) groups excluding carboxylic acids is 2. The van der Waals surface area contributed by atoms with Gasteiger partial charge in [0, 0.05) is 31.8 Å². The molecule has 2 aliphatic rings. The Bertz CT molecular complexity index is 574. The summed E-state index contributed by atoms with van der Waals surface area (Å²) in [5.41, 5.74) is 5.52. The van der Waals surface area contributed by atoms with E-state index in [9.17, 15) is 14.7 Å². The Morgan fingerprint density at radius 1 is 1.62 bits per heavy atom. The van der Waals surface area contributed by atoms with Crippen LogP contribution >= 0.6 is 0 Å². The molecule has 24 heavy (non-hydrogen) atoms. The topological polar surface area (TPSA) is 137 Å². The molecule has 3 unspecified atom stereocenters. The number of carbonyl (C=O) groups is 2. The maximum atomic E-state index is 12.0. The van der Waals surface area contributed by atoms with E-state index < -0.39 is 24.3 Å². The van der Waals surface area contributed by atoms with Gasteiger partial charge in [-0.15, -0.1) is 0 Å². The second-order valence-corrected chi connectivity index (χ2v) is 5.42. The third kappa shape index (κ3) is 4.20.